The van der Waals surface area contributed by atoms with Gasteiger partial charge in [-0.15, -0.1) is 0 Å². The van der Waals surface area contributed by atoms with Gasteiger partial charge in [0.1, 0.15) is 0 Å². The number of rotatable bonds is 8. The lowest BCUT2D eigenvalue weighted by molar-refractivity contribution is 0.131. The van der Waals surface area contributed by atoms with E-state index in [0.717, 1.165) is 24.6 Å². The molecule has 0 aromatic heterocycles. The number of benzene rings is 1. The van der Waals surface area contributed by atoms with Gasteiger partial charge in [-0.3, -0.25) is 0 Å². The van der Waals surface area contributed by atoms with E-state index in [-0.39, 0.29) is 0 Å². The summed E-state index contributed by atoms with van der Waals surface area (Å²) >= 11 is 0. The molecule has 2 N–H and O–H groups in total. The molecule has 0 spiro atoms. The molecule has 1 saturated carbocycles. The minimum atomic E-state index is -3.39. The van der Waals surface area contributed by atoms with Crippen molar-refractivity contribution in [3.8, 4) is 0 Å². The summed E-state index contributed by atoms with van der Waals surface area (Å²) < 4.78 is 25.4. The van der Waals surface area contributed by atoms with E-state index < -0.39 is 10.0 Å². The molecule has 0 heterocycles. The van der Waals surface area contributed by atoms with Crippen molar-refractivity contribution in [3.63, 3.8) is 0 Å². The molecule has 0 aliphatic heterocycles. The van der Waals surface area contributed by atoms with Crippen LogP contribution in [0.25, 0.3) is 0 Å². The number of aliphatic imine (C=N–C) groups is 1. The number of guanidine groups is 1. The molecule has 2 rings (SSSR count). The first-order chi connectivity index (χ1) is 12.3. The van der Waals surface area contributed by atoms with E-state index in [4.69, 9.17) is 0 Å². The van der Waals surface area contributed by atoms with Gasteiger partial charge in [0.25, 0.3) is 0 Å². The lowest BCUT2D eigenvalue weighted by atomic mass is 9.67. The average Bonchev–Trinajstić information content (AvgIpc) is 2.59. The van der Waals surface area contributed by atoms with Crippen LogP contribution in [0.4, 0.5) is 0 Å². The molecule has 1 fully saturated rings. The fourth-order valence-corrected chi connectivity index (χ4v) is 3.99. The highest BCUT2D eigenvalue weighted by molar-refractivity contribution is 7.89. The molecule has 1 aromatic carbocycles. The van der Waals surface area contributed by atoms with Crippen LogP contribution >= 0.6 is 0 Å². The second kappa shape index (κ2) is 8.86. The van der Waals surface area contributed by atoms with Gasteiger partial charge in [0.2, 0.25) is 10.0 Å². The zero-order chi connectivity index (χ0) is 19.2. The van der Waals surface area contributed by atoms with Crippen LogP contribution in [0.5, 0.6) is 0 Å². The molecule has 0 bridgehead atoms. The molecule has 7 heteroatoms. The quantitative estimate of drug-likeness (QED) is 0.537. The summed E-state index contributed by atoms with van der Waals surface area (Å²) in [4.78, 5) is 4.94. The Hall–Kier alpha value is -1.60. The van der Waals surface area contributed by atoms with Crippen molar-refractivity contribution in [1.82, 2.24) is 14.9 Å². The Morgan fingerprint density at radius 1 is 1.15 bits per heavy atom. The molecule has 146 valence electrons. The van der Waals surface area contributed by atoms with Gasteiger partial charge in [-0.25, -0.2) is 17.7 Å². The summed E-state index contributed by atoms with van der Waals surface area (Å²) in [6, 6.07) is 6.92. The Kier molecular flexibility index (Phi) is 7.06. The van der Waals surface area contributed by atoms with Crippen LogP contribution in [-0.4, -0.2) is 45.9 Å². The van der Waals surface area contributed by atoms with Crippen LogP contribution in [-0.2, 0) is 16.6 Å². The number of nitrogens with one attached hydrogen (secondary N) is 2. The molecule has 1 aromatic rings. The fourth-order valence-electron chi connectivity index (χ4n) is 3.09. The van der Waals surface area contributed by atoms with E-state index in [9.17, 15) is 8.42 Å². The molecular weight excluding hydrogens is 348 g/mol. The second-order valence-electron chi connectivity index (χ2n) is 7.19. The summed E-state index contributed by atoms with van der Waals surface area (Å²) in [5, 5.41) is 6.76. The number of hydrogen-bond acceptors (Lipinski definition) is 3. The van der Waals surface area contributed by atoms with Crippen LogP contribution in [0, 0.1) is 5.41 Å². The molecule has 26 heavy (non-hydrogen) atoms. The van der Waals surface area contributed by atoms with Crippen molar-refractivity contribution in [1.29, 1.82) is 0 Å². The minimum Gasteiger partial charge on any atom is -0.357 e. The standard InChI is InChI=1S/C19H32N4O2S/c1-5-19(12-7-13-19)15-22-18(20-6-2)21-14-16-8-10-17(11-9-16)26(24,25)23(3)4/h8-11H,5-7,12-15H2,1-4H3,(H2,20,21,22). The van der Waals surface area contributed by atoms with E-state index >= 15 is 0 Å². The average molecular weight is 381 g/mol. The topological polar surface area (TPSA) is 73.8 Å². The van der Waals surface area contributed by atoms with E-state index in [1.165, 1.54) is 44.1 Å². The largest absolute Gasteiger partial charge is 0.357 e. The first kappa shape index (κ1) is 20.7. The van der Waals surface area contributed by atoms with Gasteiger partial charge in [-0.2, -0.15) is 0 Å². The highest BCUT2D eigenvalue weighted by Crippen LogP contribution is 2.42. The van der Waals surface area contributed by atoms with Crippen LogP contribution < -0.4 is 10.6 Å². The summed E-state index contributed by atoms with van der Waals surface area (Å²) in [5.74, 6) is 0.817. The van der Waals surface area contributed by atoms with Crippen LogP contribution in [0.2, 0.25) is 0 Å². The van der Waals surface area contributed by atoms with Gasteiger partial charge in [0.15, 0.2) is 5.96 Å². The molecule has 1 aliphatic rings. The molecule has 6 nitrogen and oxygen atoms in total. The van der Waals surface area contributed by atoms with Crippen molar-refractivity contribution >= 4 is 16.0 Å². The van der Waals surface area contributed by atoms with Crippen LogP contribution in [0.15, 0.2) is 34.2 Å². The molecule has 0 radical (unpaired) electrons. The van der Waals surface area contributed by atoms with Gasteiger partial charge in [-0.05, 0) is 49.3 Å². The maximum Gasteiger partial charge on any atom is 0.242 e. The van der Waals surface area contributed by atoms with Gasteiger partial charge in [-0.1, -0.05) is 25.5 Å². The van der Waals surface area contributed by atoms with Crippen LogP contribution in [0.1, 0.15) is 45.1 Å². The Morgan fingerprint density at radius 2 is 1.81 bits per heavy atom. The predicted molar refractivity (Wildman–Crippen MR) is 107 cm³/mol. The van der Waals surface area contributed by atoms with Gasteiger partial charge >= 0.3 is 0 Å². The van der Waals surface area contributed by atoms with Crippen molar-refractivity contribution in [2.24, 2.45) is 10.4 Å². The summed E-state index contributed by atoms with van der Waals surface area (Å²) in [6.45, 7) is 6.59. The van der Waals surface area contributed by atoms with E-state index in [1.807, 2.05) is 12.1 Å². The number of hydrogen-bond donors (Lipinski definition) is 2. The third-order valence-corrected chi connectivity index (χ3v) is 7.09. The first-order valence-corrected chi connectivity index (χ1v) is 10.8. The molecule has 0 atom stereocenters. The monoisotopic (exact) mass is 380 g/mol. The molecule has 0 unspecified atom stereocenters. The Morgan fingerprint density at radius 3 is 2.27 bits per heavy atom. The maximum atomic E-state index is 12.1. The summed E-state index contributed by atoms with van der Waals surface area (Å²) in [6.07, 6.45) is 5.10. The van der Waals surface area contributed by atoms with Crippen LogP contribution in [0.3, 0.4) is 0 Å². The SMILES string of the molecule is CCNC(=NCc1ccc(S(=O)(=O)N(C)C)cc1)NCC1(CC)CCC1. The lowest BCUT2D eigenvalue weighted by Gasteiger charge is -2.41. The smallest absolute Gasteiger partial charge is 0.242 e. The number of nitrogens with zero attached hydrogens (tertiary/aromatic N) is 2. The van der Waals surface area contributed by atoms with Gasteiger partial charge in [0.05, 0.1) is 11.4 Å². The highest BCUT2D eigenvalue weighted by Gasteiger charge is 2.34. The van der Waals surface area contributed by atoms with E-state index in [0.29, 0.717) is 16.9 Å². The van der Waals surface area contributed by atoms with E-state index in [1.54, 1.807) is 12.1 Å². The van der Waals surface area contributed by atoms with E-state index in [2.05, 4.69) is 29.5 Å². The normalized spacial score (nSPS) is 17.0. The lowest BCUT2D eigenvalue weighted by Crippen LogP contribution is -2.46. The Labute approximate surface area is 158 Å². The Balaban J connectivity index is 2.00. The zero-order valence-electron chi connectivity index (χ0n) is 16.4. The zero-order valence-corrected chi connectivity index (χ0v) is 17.2. The maximum absolute atomic E-state index is 12.1. The number of sulfonamides is 1. The first-order valence-electron chi connectivity index (χ1n) is 9.36. The van der Waals surface area contributed by atoms with Crippen molar-refractivity contribution in [2.75, 3.05) is 27.2 Å². The molecular formula is C19H32N4O2S. The fraction of sp³-hybridized carbons (Fsp3) is 0.632. The predicted octanol–water partition coefficient (Wildman–Crippen LogP) is 2.57. The Bertz CT molecular complexity index is 702. The van der Waals surface area contributed by atoms with Gasteiger partial charge in [0, 0.05) is 27.2 Å². The molecule has 1 aliphatic carbocycles. The third-order valence-electron chi connectivity index (χ3n) is 5.26. The minimum absolute atomic E-state index is 0.301. The summed E-state index contributed by atoms with van der Waals surface area (Å²) in [5.41, 5.74) is 1.41. The highest BCUT2D eigenvalue weighted by atomic mass is 32.2. The second-order valence-corrected chi connectivity index (χ2v) is 9.34. The van der Waals surface area contributed by atoms with Crippen molar-refractivity contribution in [2.45, 2.75) is 51.0 Å². The summed E-state index contributed by atoms with van der Waals surface area (Å²) in [7, 11) is -0.316. The third kappa shape index (κ3) is 4.98. The molecule has 0 amide bonds. The van der Waals surface area contributed by atoms with Gasteiger partial charge < -0.3 is 10.6 Å². The van der Waals surface area contributed by atoms with Crippen molar-refractivity contribution < 1.29 is 8.42 Å². The molecule has 0 saturated heterocycles. The van der Waals surface area contributed by atoms with Crippen molar-refractivity contribution in [3.05, 3.63) is 29.8 Å².